The second kappa shape index (κ2) is 6.53. The van der Waals surface area contributed by atoms with Gasteiger partial charge in [-0.3, -0.25) is 4.79 Å². The number of hydrogen-bond donors (Lipinski definition) is 2. The highest BCUT2D eigenvalue weighted by Gasteiger charge is 2.61. The average Bonchev–Trinajstić information content (AvgIpc) is 3.37. The lowest BCUT2D eigenvalue weighted by Crippen LogP contribution is -2.37. The van der Waals surface area contributed by atoms with Crippen molar-refractivity contribution in [3.8, 4) is 5.75 Å². The van der Waals surface area contributed by atoms with Gasteiger partial charge in [0, 0.05) is 16.9 Å². The van der Waals surface area contributed by atoms with E-state index in [2.05, 4.69) is 5.32 Å². The molecule has 2 aromatic rings. The van der Waals surface area contributed by atoms with Crippen LogP contribution < -0.4 is 10.1 Å². The maximum atomic E-state index is 13.7. The molecule has 3 atom stereocenters. The van der Waals surface area contributed by atoms with E-state index < -0.39 is 17.8 Å². The first kappa shape index (κ1) is 17.8. The molecule has 1 aliphatic carbocycles. The molecule has 1 aliphatic heterocycles. The highest BCUT2D eigenvalue weighted by atomic mass is 35.5. The van der Waals surface area contributed by atoms with Crippen molar-refractivity contribution in [1.82, 2.24) is 5.32 Å². The van der Waals surface area contributed by atoms with Crippen molar-refractivity contribution in [1.29, 1.82) is 0 Å². The van der Waals surface area contributed by atoms with E-state index in [0.29, 0.717) is 19.4 Å². The summed E-state index contributed by atoms with van der Waals surface area (Å²) < 4.78 is 19.4. The maximum Gasteiger partial charge on any atom is 0.330 e. The zero-order valence-electron chi connectivity index (χ0n) is 14.2. The first-order chi connectivity index (χ1) is 12.9. The quantitative estimate of drug-likeness (QED) is 0.839. The van der Waals surface area contributed by atoms with Gasteiger partial charge in [0.05, 0.1) is 11.6 Å². The molecule has 0 bridgehead atoms. The Labute approximate surface area is 160 Å². The van der Waals surface area contributed by atoms with E-state index in [1.54, 1.807) is 0 Å². The summed E-state index contributed by atoms with van der Waals surface area (Å²) in [6.45, 7) is 0.519. The SMILES string of the molecule is O=C(O)C(NC(=O)[C@@H]1C[C@]12CCOc1ccccc12)c1ccc(Cl)c(F)c1. The number of halogens is 2. The van der Waals surface area contributed by atoms with Crippen LogP contribution in [0.3, 0.4) is 0 Å². The normalized spacial score (nSPS) is 23.9. The highest BCUT2D eigenvalue weighted by Crippen LogP contribution is 2.60. The molecule has 0 aromatic heterocycles. The maximum absolute atomic E-state index is 13.7. The molecule has 27 heavy (non-hydrogen) atoms. The van der Waals surface area contributed by atoms with Crippen LogP contribution in [0.4, 0.5) is 4.39 Å². The molecule has 4 rings (SSSR count). The Morgan fingerprint density at radius 2 is 2.07 bits per heavy atom. The zero-order valence-corrected chi connectivity index (χ0v) is 15.0. The predicted octanol–water partition coefficient (Wildman–Crippen LogP) is 3.46. The topological polar surface area (TPSA) is 75.6 Å². The molecule has 2 N–H and O–H groups in total. The molecule has 1 amide bonds. The van der Waals surface area contributed by atoms with Crippen LogP contribution >= 0.6 is 11.6 Å². The number of benzene rings is 2. The Bertz CT molecular complexity index is 934. The lowest BCUT2D eigenvalue weighted by atomic mass is 9.87. The van der Waals surface area contributed by atoms with E-state index in [9.17, 15) is 19.1 Å². The summed E-state index contributed by atoms with van der Waals surface area (Å²) in [6.07, 6.45) is 1.34. The van der Waals surface area contributed by atoms with Crippen LogP contribution in [-0.4, -0.2) is 23.6 Å². The molecule has 7 heteroatoms. The molecule has 2 aliphatic rings. The van der Waals surface area contributed by atoms with Crippen LogP contribution in [0, 0.1) is 11.7 Å². The van der Waals surface area contributed by atoms with Gasteiger partial charge in [-0.15, -0.1) is 0 Å². The zero-order chi connectivity index (χ0) is 19.2. The third kappa shape index (κ3) is 3.04. The smallest absolute Gasteiger partial charge is 0.330 e. The number of hydrogen-bond acceptors (Lipinski definition) is 3. The standard InChI is InChI=1S/C20H17ClFNO4/c21-14-6-5-11(9-15(14)22)17(19(25)26)23-18(24)13-10-20(13)7-8-27-16-4-2-1-3-12(16)20/h1-6,9,13,17H,7-8,10H2,(H,23,24)(H,25,26)/t13-,17?,20-/m0/s1. The third-order valence-electron chi connectivity index (χ3n) is 5.43. The molecule has 2 aromatic carbocycles. The minimum Gasteiger partial charge on any atom is -0.493 e. The third-order valence-corrected chi connectivity index (χ3v) is 5.74. The van der Waals surface area contributed by atoms with Gasteiger partial charge in [0.1, 0.15) is 11.6 Å². The van der Waals surface area contributed by atoms with Crippen molar-refractivity contribution in [2.45, 2.75) is 24.3 Å². The highest BCUT2D eigenvalue weighted by molar-refractivity contribution is 6.30. The molecule has 0 saturated heterocycles. The van der Waals surface area contributed by atoms with Crippen LogP contribution in [-0.2, 0) is 15.0 Å². The molecular formula is C20H17ClFNO4. The second-order valence-electron chi connectivity index (χ2n) is 6.96. The summed E-state index contributed by atoms with van der Waals surface area (Å²) in [7, 11) is 0. The van der Waals surface area contributed by atoms with Crippen molar-refractivity contribution in [3.05, 3.63) is 64.4 Å². The molecule has 1 fully saturated rings. The van der Waals surface area contributed by atoms with Crippen LogP contribution in [0.5, 0.6) is 5.75 Å². The molecule has 0 radical (unpaired) electrons. The molecule has 1 spiro atoms. The monoisotopic (exact) mass is 389 g/mol. The van der Waals surface area contributed by atoms with Crippen LogP contribution in [0.25, 0.3) is 0 Å². The minimum absolute atomic E-state index is 0.103. The van der Waals surface area contributed by atoms with Crippen molar-refractivity contribution < 1.29 is 23.8 Å². The van der Waals surface area contributed by atoms with Gasteiger partial charge in [0.2, 0.25) is 5.91 Å². The van der Waals surface area contributed by atoms with E-state index in [1.165, 1.54) is 12.1 Å². The van der Waals surface area contributed by atoms with E-state index in [1.807, 2.05) is 24.3 Å². The number of fused-ring (bicyclic) bond motifs is 2. The van der Waals surface area contributed by atoms with Gasteiger partial charge >= 0.3 is 5.97 Å². The second-order valence-corrected chi connectivity index (χ2v) is 7.37. The van der Waals surface area contributed by atoms with Gasteiger partial charge in [-0.05, 0) is 36.6 Å². The Morgan fingerprint density at radius 3 is 2.81 bits per heavy atom. The van der Waals surface area contributed by atoms with Gasteiger partial charge in [-0.1, -0.05) is 35.9 Å². The van der Waals surface area contributed by atoms with Gasteiger partial charge in [0.15, 0.2) is 6.04 Å². The largest absolute Gasteiger partial charge is 0.493 e. The molecule has 1 saturated carbocycles. The average molecular weight is 390 g/mol. The van der Waals surface area contributed by atoms with Crippen LogP contribution in [0.2, 0.25) is 5.02 Å². The number of para-hydroxylation sites is 1. The lowest BCUT2D eigenvalue weighted by molar-refractivity contribution is -0.142. The number of ether oxygens (including phenoxy) is 1. The lowest BCUT2D eigenvalue weighted by Gasteiger charge is -2.27. The molecule has 5 nitrogen and oxygen atoms in total. The van der Waals surface area contributed by atoms with Crippen molar-refractivity contribution in [3.63, 3.8) is 0 Å². The first-order valence-electron chi connectivity index (χ1n) is 8.63. The number of carboxylic acids is 1. The molecular weight excluding hydrogens is 373 g/mol. The number of nitrogens with one attached hydrogen (secondary N) is 1. The number of carboxylic acid groups (broad SMARTS) is 1. The number of rotatable bonds is 4. The van der Waals surface area contributed by atoms with Gasteiger partial charge in [-0.25, -0.2) is 9.18 Å². The van der Waals surface area contributed by atoms with E-state index in [0.717, 1.165) is 17.4 Å². The molecule has 1 unspecified atom stereocenters. The minimum atomic E-state index is -1.34. The Hall–Kier alpha value is -2.60. The fourth-order valence-corrected chi connectivity index (χ4v) is 4.04. The Kier molecular flexibility index (Phi) is 4.30. The van der Waals surface area contributed by atoms with Gasteiger partial charge < -0.3 is 15.2 Å². The van der Waals surface area contributed by atoms with Crippen LogP contribution in [0.15, 0.2) is 42.5 Å². The van der Waals surface area contributed by atoms with E-state index >= 15 is 0 Å². The fourth-order valence-electron chi connectivity index (χ4n) is 3.93. The van der Waals surface area contributed by atoms with Crippen molar-refractivity contribution in [2.24, 2.45) is 5.92 Å². The summed E-state index contributed by atoms with van der Waals surface area (Å²) in [5, 5.41) is 12.0. The predicted molar refractivity (Wildman–Crippen MR) is 96.3 cm³/mol. The van der Waals surface area contributed by atoms with E-state index in [4.69, 9.17) is 16.3 Å². The number of carbonyl (C=O) groups excluding carboxylic acids is 1. The summed E-state index contributed by atoms with van der Waals surface area (Å²) in [5.41, 5.74) is 0.813. The summed E-state index contributed by atoms with van der Waals surface area (Å²) in [6, 6.07) is 9.98. The van der Waals surface area contributed by atoms with E-state index in [-0.39, 0.29) is 27.8 Å². The van der Waals surface area contributed by atoms with Crippen LogP contribution in [0.1, 0.15) is 30.0 Å². The Balaban J connectivity index is 1.56. The van der Waals surface area contributed by atoms with Crippen molar-refractivity contribution >= 4 is 23.5 Å². The Morgan fingerprint density at radius 1 is 1.30 bits per heavy atom. The number of carbonyl (C=O) groups is 2. The summed E-state index contributed by atoms with van der Waals surface area (Å²) in [5.74, 6) is -1.90. The number of aliphatic carboxylic acids is 1. The fraction of sp³-hybridized carbons (Fsp3) is 0.300. The first-order valence-corrected chi connectivity index (χ1v) is 9.00. The van der Waals surface area contributed by atoms with Crippen molar-refractivity contribution in [2.75, 3.05) is 6.61 Å². The molecule has 1 heterocycles. The summed E-state index contributed by atoms with van der Waals surface area (Å²) >= 11 is 5.65. The number of amides is 1. The van der Waals surface area contributed by atoms with Gasteiger partial charge in [-0.2, -0.15) is 0 Å². The van der Waals surface area contributed by atoms with Gasteiger partial charge in [0.25, 0.3) is 0 Å². The summed E-state index contributed by atoms with van der Waals surface area (Å²) in [4.78, 5) is 24.4. The molecule has 140 valence electrons.